The maximum Gasteiger partial charge on any atom is 0.237 e. The van der Waals surface area contributed by atoms with Gasteiger partial charge in [-0.1, -0.05) is 18.9 Å². The Hall–Kier alpha value is -1.75. The normalized spacial score (nSPS) is 18.4. The zero-order chi connectivity index (χ0) is 15.4. The van der Waals surface area contributed by atoms with E-state index in [9.17, 15) is 15.0 Å². The molecule has 0 saturated heterocycles. The van der Waals surface area contributed by atoms with Crippen LogP contribution in [-0.4, -0.2) is 28.2 Å². The molecule has 1 saturated carbocycles. The molecule has 2 rings (SSSR count). The molecule has 1 aliphatic carbocycles. The predicted molar refractivity (Wildman–Crippen MR) is 81.0 cm³/mol. The molecule has 0 aliphatic heterocycles. The molecule has 21 heavy (non-hydrogen) atoms. The van der Waals surface area contributed by atoms with Crippen LogP contribution in [-0.2, 0) is 11.2 Å². The third kappa shape index (κ3) is 4.11. The Labute approximate surface area is 125 Å². The van der Waals surface area contributed by atoms with Crippen LogP contribution in [0.25, 0.3) is 0 Å². The second kappa shape index (κ2) is 6.80. The number of phenolic OH excluding ortho intramolecular Hbond substituents is 2. The van der Waals surface area contributed by atoms with E-state index >= 15 is 0 Å². The number of carbonyl (C=O) groups is 1. The third-order valence-corrected chi connectivity index (χ3v) is 4.31. The maximum absolute atomic E-state index is 12.1. The molecule has 1 aromatic carbocycles. The minimum Gasteiger partial charge on any atom is -0.504 e. The van der Waals surface area contributed by atoms with E-state index in [-0.39, 0.29) is 23.4 Å². The van der Waals surface area contributed by atoms with Crippen LogP contribution in [0.1, 0.15) is 38.2 Å². The van der Waals surface area contributed by atoms with Crippen molar-refractivity contribution in [3.63, 3.8) is 0 Å². The molecular weight excluding hydrogens is 268 g/mol. The van der Waals surface area contributed by atoms with E-state index in [1.807, 2.05) is 6.92 Å². The molecule has 0 radical (unpaired) electrons. The van der Waals surface area contributed by atoms with Gasteiger partial charge in [-0.25, -0.2) is 0 Å². The topological polar surface area (TPSA) is 95.6 Å². The SMILES string of the molecule is C[C@@H](NC(=O)[C@@H](N)Cc1ccc(O)c(O)c1)C1CCCC1. The van der Waals surface area contributed by atoms with Crippen molar-refractivity contribution >= 4 is 5.91 Å². The molecule has 0 unspecified atom stereocenters. The lowest BCUT2D eigenvalue weighted by Gasteiger charge is -2.22. The summed E-state index contributed by atoms with van der Waals surface area (Å²) in [6.07, 6.45) is 5.15. The molecule has 0 bridgehead atoms. The highest BCUT2D eigenvalue weighted by Crippen LogP contribution is 2.28. The zero-order valence-corrected chi connectivity index (χ0v) is 12.4. The summed E-state index contributed by atoms with van der Waals surface area (Å²) >= 11 is 0. The van der Waals surface area contributed by atoms with Crippen molar-refractivity contribution < 1.29 is 15.0 Å². The summed E-state index contributed by atoms with van der Waals surface area (Å²) in [4.78, 5) is 12.1. The molecule has 1 amide bonds. The van der Waals surface area contributed by atoms with Crippen molar-refractivity contribution in [3.8, 4) is 11.5 Å². The summed E-state index contributed by atoms with van der Waals surface area (Å²) in [5.74, 6) is 0.0203. The van der Waals surface area contributed by atoms with Gasteiger partial charge in [0.25, 0.3) is 0 Å². The third-order valence-electron chi connectivity index (χ3n) is 4.31. The van der Waals surface area contributed by atoms with Crippen molar-refractivity contribution in [1.29, 1.82) is 0 Å². The van der Waals surface area contributed by atoms with Gasteiger partial charge < -0.3 is 21.3 Å². The van der Waals surface area contributed by atoms with Gasteiger partial charge in [0, 0.05) is 6.04 Å². The van der Waals surface area contributed by atoms with E-state index < -0.39 is 6.04 Å². The first-order valence-electron chi connectivity index (χ1n) is 7.54. The molecule has 1 aliphatic rings. The smallest absolute Gasteiger partial charge is 0.237 e. The lowest BCUT2D eigenvalue weighted by atomic mass is 9.99. The number of aromatic hydroxyl groups is 2. The van der Waals surface area contributed by atoms with Crippen molar-refractivity contribution in [2.24, 2.45) is 11.7 Å². The summed E-state index contributed by atoms with van der Waals surface area (Å²) in [6.45, 7) is 2.03. The number of rotatable bonds is 5. The molecule has 1 fully saturated rings. The number of carbonyl (C=O) groups excluding carboxylic acids is 1. The zero-order valence-electron chi connectivity index (χ0n) is 12.4. The maximum atomic E-state index is 12.1. The van der Waals surface area contributed by atoms with E-state index in [1.54, 1.807) is 6.07 Å². The van der Waals surface area contributed by atoms with Gasteiger partial charge in [0.15, 0.2) is 11.5 Å². The molecule has 0 spiro atoms. The van der Waals surface area contributed by atoms with Gasteiger partial charge in [-0.15, -0.1) is 0 Å². The number of phenols is 2. The standard InChI is InChI=1S/C16H24N2O3/c1-10(12-4-2-3-5-12)18-16(21)13(17)8-11-6-7-14(19)15(20)9-11/h6-7,9-10,12-13,19-20H,2-5,8,17H2,1H3,(H,18,21)/t10-,13+/m1/s1. The van der Waals surface area contributed by atoms with E-state index in [0.29, 0.717) is 12.3 Å². The van der Waals surface area contributed by atoms with Crippen LogP contribution in [0.15, 0.2) is 18.2 Å². The predicted octanol–water partition coefficient (Wildman–Crippen LogP) is 1.66. The number of hydrogen-bond acceptors (Lipinski definition) is 4. The molecule has 1 aromatic rings. The van der Waals surface area contributed by atoms with Gasteiger partial charge in [0.05, 0.1) is 6.04 Å². The fraction of sp³-hybridized carbons (Fsp3) is 0.562. The fourth-order valence-corrected chi connectivity index (χ4v) is 2.95. The molecule has 0 heterocycles. The number of hydrogen-bond donors (Lipinski definition) is 4. The number of amides is 1. The van der Waals surface area contributed by atoms with Gasteiger partial charge in [0.2, 0.25) is 5.91 Å². The van der Waals surface area contributed by atoms with Crippen molar-refractivity contribution in [2.75, 3.05) is 0 Å². The van der Waals surface area contributed by atoms with Crippen LogP contribution in [0.2, 0.25) is 0 Å². The Balaban J connectivity index is 1.88. The summed E-state index contributed by atoms with van der Waals surface area (Å²) in [6, 6.07) is 3.99. The summed E-state index contributed by atoms with van der Waals surface area (Å²) in [5.41, 5.74) is 6.65. The fourth-order valence-electron chi connectivity index (χ4n) is 2.95. The average molecular weight is 292 g/mol. The van der Waals surface area contributed by atoms with E-state index in [2.05, 4.69) is 5.32 Å². The van der Waals surface area contributed by atoms with Crippen LogP contribution < -0.4 is 11.1 Å². The van der Waals surface area contributed by atoms with Gasteiger partial charge in [-0.2, -0.15) is 0 Å². The number of nitrogens with one attached hydrogen (secondary N) is 1. The molecule has 0 aromatic heterocycles. The van der Waals surface area contributed by atoms with Gasteiger partial charge in [-0.3, -0.25) is 4.79 Å². The molecule has 5 heteroatoms. The Kier molecular flexibility index (Phi) is 5.07. The van der Waals surface area contributed by atoms with Crippen LogP contribution in [0.3, 0.4) is 0 Å². The number of nitrogens with two attached hydrogens (primary N) is 1. The molecule has 2 atom stereocenters. The Bertz CT molecular complexity index is 498. The monoisotopic (exact) mass is 292 g/mol. The molecule has 5 nitrogen and oxygen atoms in total. The van der Waals surface area contributed by atoms with E-state index in [4.69, 9.17) is 5.73 Å². The minimum atomic E-state index is -0.655. The second-order valence-electron chi connectivity index (χ2n) is 5.98. The Morgan fingerprint density at radius 2 is 2.00 bits per heavy atom. The lowest BCUT2D eigenvalue weighted by Crippen LogP contribution is -2.47. The molecule has 116 valence electrons. The molecular formula is C16H24N2O3. The van der Waals surface area contributed by atoms with Crippen LogP contribution >= 0.6 is 0 Å². The minimum absolute atomic E-state index is 0.152. The quantitative estimate of drug-likeness (QED) is 0.621. The first-order valence-corrected chi connectivity index (χ1v) is 7.54. The largest absolute Gasteiger partial charge is 0.504 e. The summed E-state index contributed by atoms with van der Waals surface area (Å²) in [7, 11) is 0. The summed E-state index contributed by atoms with van der Waals surface area (Å²) in [5, 5.41) is 21.7. The highest BCUT2D eigenvalue weighted by atomic mass is 16.3. The van der Waals surface area contributed by atoms with Gasteiger partial charge >= 0.3 is 0 Å². The van der Waals surface area contributed by atoms with Crippen molar-refractivity contribution in [2.45, 2.75) is 51.1 Å². The van der Waals surface area contributed by atoms with Crippen molar-refractivity contribution in [1.82, 2.24) is 5.32 Å². The van der Waals surface area contributed by atoms with Gasteiger partial charge in [-0.05, 0) is 49.8 Å². The van der Waals surface area contributed by atoms with Crippen LogP contribution in [0, 0.1) is 5.92 Å². The van der Waals surface area contributed by atoms with Crippen LogP contribution in [0.4, 0.5) is 0 Å². The number of benzene rings is 1. The lowest BCUT2D eigenvalue weighted by molar-refractivity contribution is -0.123. The van der Waals surface area contributed by atoms with E-state index in [0.717, 1.165) is 5.56 Å². The second-order valence-corrected chi connectivity index (χ2v) is 5.98. The van der Waals surface area contributed by atoms with Crippen molar-refractivity contribution in [3.05, 3.63) is 23.8 Å². The molecule has 5 N–H and O–H groups in total. The Morgan fingerprint density at radius 1 is 1.33 bits per heavy atom. The van der Waals surface area contributed by atoms with Gasteiger partial charge in [0.1, 0.15) is 0 Å². The Morgan fingerprint density at radius 3 is 2.62 bits per heavy atom. The average Bonchev–Trinajstić information content (AvgIpc) is 2.97. The highest BCUT2D eigenvalue weighted by molar-refractivity contribution is 5.82. The highest BCUT2D eigenvalue weighted by Gasteiger charge is 2.24. The first-order chi connectivity index (χ1) is 9.97. The van der Waals surface area contributed by atoms with Crippen LogP contribution in [0.5, 0.6) is 11.5 Å². The van der Waals surface area contributed by atoms with E-state index in [1.165, 1.54) is 37.8 Å². The first kappa shape index (κ1) is 15.6. The summed E-state index contributed by atoms with van der Waals surface area (Å²) < 4.78 is 0.